The van der Waals surface area contributed by atoms with Crippen LogP contribution in [-0.2, 0) is 11.2 Å². The van der Waals surface area contributed by atoms with Gasteiger partial charge in [0.1, 0.15) is 6.29 Å². The first-order chi connectivity index (χ1) is 11.7. The molecule has 3 rings (SSSR count). The van der Waals surface area contributed by atoms with Crippen molar-refractivity contribution in [2.75, 3.05) is 14.2 Å². The van der Waals surface area contributed by atoms with Crippen LogP contribution >= 0.6 is 0 Å². The molecule has 0 atom stereocenters. The molecule has 0 aromatic heterocycles. The number of hydrogen-bond donors (Lipinski definition) is 0. The van der Waals surface area contributed by atoms with Gasteiger partial charge < -0.3 is 9.47 Å². The fourth-order valence-electron chi connectivity index (χ4n) is 3.24. The van der Waals surface area contributed by atoms with Crippen LogP contribution in [0.1, 0.15) is 29.2 Å². The standard InChI is InChI=1S/C21H20O3/c1-14-9-10-17-18(14)13-19(21(24-3)20(17)23-2)16(11-12-22)15-7-5-4-6-8-15/h4-9,11-13H,10H2,1-3H3/b16-11-. The summed E-state index contributed by atoms with van der Waals surface area (Å²) in [7, 11) is 3.29. The summed E-state index contributed by atoms with van der Waals surface area (Å²) in [6, 6.07) is 11.9. The van der Waals surface area contributed by atoms with Crippen LogP contribution in [0.5, 0.6) is 11.5 Å². The number of carbonyl (C=O) groups is 1. The molecule has 0 heterocycles. The molecular formula is C21H20O3. The smallest absolute Gasteiger partial charge is 0.168 e. The molecule has 0 unspecified atom stereocenters. The monoisotopic (exact) mass is 320 g/mol. The third kappa shape index (κ3) is 2.62. The van der Waals surface area contributed by atoms with Gasteiger partial charge in [-0.05, 0) is 47.8 Å². The van der Waals surface area contributed by atoms with E-state index in [-0.39, 0.29) is 0 Å². The lowest BCUT2D eigenvalue weighted by atomic mass is 9.92. The highest BCUT2D eigenvalue weighted by Gasteiger charge is 2.24. The van der Waals surface area contributed by atoms with Gasteiger partial charge in [0.25, 0.3) is 0 Å². The van der Waals surface area contributed by atoms with Crippen LogP contribution in [0, 0.1) is 0 Å². The largest absolute Gasteiger partial charge is 0.493 e. The van der Waals surface area contributed by atoms with Gasteiger partial charge in [-0.2, -0.15) is 0 Å². The first-order valence-electron chi connectivity index (χ1n) is 7.87. The highest BCUT2D eigenvalue weighted by molar-refractivity contribution is 5.94. The lowest BCUT2D eigenvalue weighted by Gasteiger charge is -2.19. The zero-order valence-corrected chi connectivity index (χ0v) is 14.1. The minimum absolute atomic E-state index is 0.663. The minimum Gasteiger partial charge on any atom is -0.493 e. The van der Waals surface area contributed by atoms with Crippen molar-refractivity contribution in [1.29, 1.82) is 0 Å². The Kier molecular flexibility index (Phi) is 4.52. The van der Waals surface area contributed by atoms with Gasteiger partial charge in [-0.15, -0.1) is 0 Å². The summed E-state index contributed by atoms with van der Waals surface area (Å²) in [5, 5.41) is 0. The number of hydrogen-bond acceptors (Lipinski definition) is 3. The van der Waals surface area contributed by atoms with Crippen LogP contribution in [-0.4, -0.2) is 20.5 Å². The number of rotatable bonds is 5. The quantitative estimate of drug-likeness (QED) is 0.609. The fraction of sp³-hybridized carbons (Fsp3) is 0.190. The number of aldehydes is 1. The molecule has 0 N–H and O–H groups in total. The molecule has 0 spiro atoms. The topological polar surface area (TPSA) is 35.5 Å². The zero-order chi connectivity index (χ0) is 17.1. The summed E-state index contributed by atoms with van der Waals surface area (Å²) in [5.41, 5.74) is 6.14. The summed E-state index contributed by atoms with van der Waals surface area (Å²) in [6.45, 7) is 2.09. The second-order valence-corrected chi connectivity index (χ2v) is 5.69. The van der Waals surface area contributed by atoms with Gasteiger partial charge in [-0.25, -0.2) is 0 Å². The molecule has 2 aromatic carbocycles. The Labute approximate surface area is 142 Å². The Morgan fingerprint density at radius 3 is 2.42 bits per heavy atom. The predicted molar refractivity (Wildman–Crippen MR) is 96.5 cm³/mol. The number of allylic oxidation sites excluding steroid dienone is 3. The van der Waals surface area contributed by atoms with E-state index in [9.17, 15) is 4.79 Å². The summed E-state index contributed by atoms with van der Waals surface area (Å²) in [4.78, 5) is 11.3. The summed E-state index contributed by atoms with van der Waals surface area (Å²) < 4.78 is 11.3. The molecule has 0 saturated carbocycles. The van der Waals surface area contributed by atoms with Gasteiger partial charge in [-0.1, -0.05) is 36.4 Å². The van der Waals surface area contributed by atoms with Gasteiger partial charge in [0, 0.05) is 11.1 Å². The van der Waals surface area contributed by atoms with Crippen molar-refractivity contribution < 1.29 is 14.3 Å². The Morgan fingerprint density at radius 2 is 1.79 bits per heavy atom. The molecule has 24 heavy (non-hydrogen) atoms. The van der Waals surface area contributed by atoms with Crippen LogP contribution in [0.4, 0.5) is 0 Å². The van der Waals surface area contributed by atoms with Crippen molar-refractivity contribution in [1.82, 2.24) is 0 Å². The van der Waals surface area contributed by atoms with E-state index in [0.717, 1.165) is 46.3 Å². The number of fused-ring (bicyclic) bond motifs is 1. The number of benzene rings is 2. The number of carbonyl (C=O) groups excluding carboxylic acids is 1. The van der Waals surface area contributed by atoms with Gasteiger partial charge in [0.15, 0.2) is 11.5 Å². The maximum atomic E-state index is 11.3. The molecule has 0 bridgehead atoms. The Hall–Kier alpha value is -2.81. The van der Waals surface area contributed by atoms with E-state index in [0.29, 0.717) is 5.75 Å². The molecule has 122 valence electrons. The molecule has 1 aliphatic carbocycles. The third-order valence-corrected chi connectivity index (χ3v) is 4.39. The molecule has 3 heteroatoms. The van der Waals surface area contributed by atoms with Crippen molar-refractivity contribution in [3.8, 4) is 11.5 Å². The van der Waals surface area contributed by atoms with Crippen LogP contribution in [0.15, 0.2) is 48.6 Å². The Bertz CT molecular complexity index is 830. The van der Waals surface area contributed by atoms with Gasteiger partial charge >= 0.3 is 0 Å². The molecule has 3 nitrogen and oxygen atoms in total. The summed E-state index contributed by atoms with van der Waals surface area (Å²) in [5.74, 6) is 1.40. The Balaban J connectivity index is 2.30. The lowest BCUT2D eigenvalue weighted by Crippen LogP contribution is -2.02. The minimum atomic E-state index is 0.663. The van der Waals surface area contributed by atoms with Crippen molar-refractivity contribution in [2.24, 2.45) is 0 Å². The number of methoxy groups -OCH3 is 2. The van der Waals surface area contributed by atoms with E-state index in [2.05, 4.69) is 19.1 Å². The van der Waals surface area contributed by atoms with Gasteiger partial charge in [0.2, 0.25) is 0 Å². The highest BCUT2D eigenvalue weighted by Crippen LogP contribution is 2.46. The van der Waals surface area contributed by atoms with Gasteiger partial charge in [0.05, 0.1) is 14.2 Å². The lowest BCUT2D eigenvalue weighted by molar-refractivity contribution is -0.104. The van der Waals surface area contributed by atoms with E-state index < -0.39 is 0 Å². The first kappa shape index (κ1) is 16.1. The number of ether oxygens (including phenoxy) is 2. The van der Waals surface area contributed by atoms with E-state index in [1.165, 1.54) is 5.57 Å². The van der Waals surface area contributed by atoms with Crippen LogP contribution < -0.4 is 9.47 Å². The second-order valence-electron chi connectivity index (χ2n) is 5.69. The SMILES string of the molecule is COc1c(/C(=C\C=O)c2ccccc2)cc2c(c1OC)CC=C2C. The maximum Gasteiger partial charge on any atom is 0.168 e. The zero-order valence-electron chi connectivity index (χ0n) is 14.1. The van der Waals surface area contributed by atoms with Crippen molar-refractivity contribution in [3.05, 3.63) is 70.8 Å². The van der Waals surface area contributed by atoms with Crippen molar-refractivity contribution in [3.63, 3.8) is 0 Å². The van der Waals surface area contributed by atoms with E-state index >= 15 is 0 Å². The average molecular weight is 320 g/mol. The van der Waals surface area contributed by atoms with Crippen molar-refractivity contribution >= 4 is 17.4 Å². The molecule has 0 radical (unpaired) electrons. The van der Waals surface area contributed by atoms with Crippen LogP contribution in [0.2, 0.25) is 0 Å². The first-order valence-corrected chi connectivity index (χ1v) is 7.87. The van der Waals surface area contributed by atoms with E-state index in [1.807, 2.05) is 30.3 Å². The maximum absolute atomic E-state index is 11.3. The molecule has 1 aliphatic rings. The normalized spacial score (nSPS) is 13.3. The van der Waals surface area contributed by atoms with E-state index in [4.69, 9.17) is 9.47 Å². The molecule has 0 amide bonds. The summed E-state index contributed by atoms with van der Waals surface area (Å²) in [6.07, 6.45) is 5.40. The average Bonchev–Trinajstić information content (AvgIpc) is 2.99. The Morgan fingerprint density at radius 1 is 1.08 bits per heavy atom. The molecular weight excluding hydrogens is 300 g/mol. The van der Waals surface area contributed by atoms with Crippen molar-refractivity contribution in [2.45, 2.75) is 13.3 Å². The predicted octanol–water partition coefficient (Wildman–Crippen LogP) is 4.29. The molecule has 0 fully saturated rings. The fourth-order valence-corrected chi connectivity index (χ4v) is 3.24. The van der Waals surface area contributed by atoms with Crippen LogP contribution in [0.25, 0.3) is 11.1 Å². The van der Waals surface area contributed by atoms with Gasteiger partial charge in [-0.3, -0.25) is 4.79 Å². The highest BCUT2D eigenvalue weighted by atomic mass is 16.5. The van der Waals surface area contributed by atoms with E-state index in [1.54, 1.807) is 20.3 Å². The van der Waals surface area contributed by atoms with Crippen LogP contribution in [0.3, 0.4) is 0 Å². The molecule has 0 aliphatic heterocycles. The molecule has 2 aromatic rings. The molecule has 0 saturated heterocycles. The second kappa shape index (κ2) is 6.75. The summed E-state index contributed by atoms with van der Waals surface area (Å²) >= 11 is 0. The third-order valence-electron chi connectivity index (χ3n) is 4.39.